The van der Waals surface area contributed by atoms with Gasteiger partial charge >= 0.3 is 0 Å². The lowest BCUT2D eigenvalue weighted by Crippen LogP contribution is -2.25. The first-order chi connectivity index (χ1) is 9.20. The molecular formula is C16H26N2O. The van der Waals surface area contributed by atoms with E-state index in [0.717, 1.165) is 25.9 Å². The Morgan fingerprint density at radius 3 is 3.05 bits per heavy atom. The number of fused-ring (bicyclic) bond motifs is 1. The second-order valence-electron chi connectivity index (χ2n) is 5.52. The summed E-state index contributed by atoms with van der Waals surface area (Å²) in [5.41, 5.74) is 4.21. The number of benzene rings is 1. The van der Waals surface area contributed by atoms with Gasteiger partial charge in [0.25, 0.3) is 0 Å². The van der Waals surface area contributed by atoms with Crippen molar-refractivity contribution in [2.24, 2.45) is 0 Å². The Hall–Kier alpha value is -1.06. The van der Waals surface area contributed by atoms with Crippen LogP contribution >= 0.6 is 0 Å². The van der Waals surface area contributed by atoms with E-state index in [4.69, 9.17) is 0 Å². The number of aliphatic hydroxyl groups is 1. The van der Waals surface area contributed by atoms with Gasteiger partial charge in [-0.1, -0.05) is 19.1 Å². The van der Waals surface area contributed by atoms with E-state index in [-0.39, 0.29) is 6.10 Å². The Kier molecular flexibility index (Phi) is 5.23. The quantitative estimate of drug-likeness (QED) is 0.772. The van der Waals surface area contributed by atoms with Gasteiger partial charge in [0.15, 0.2) is 0 Å². The molecule has 1 aromatic carbocycles. The summed E-state index contributed by atoms with van der Waals surface area (Å²) in [6.07, 6.45) is 3.96. The van der Waals surface area contributed by atoms with E-state index in [1.165, 1.54) is 36.2 Å². The molecule has 1 aliphatic rings. The van der Waals surface area contributed by atoms with Crippen LogP contribution in [0.4, 0.5) is 5.69 Å². The van der Waals surface area contributed by atoms with Crippen LogP contribution < -0.4 is 10.2 Å². The molecule has 0 radical (unpaired) electrons. The highest BCUT2D eigenvalue weighted by Crippen LogP contribution is 2.26. The Bertz CT molecular complexity index is 406. The van der Waals surface area contributed by atoms with Crippen molar-refractivity contribution in [2.45, 2.75) is 45.3 Å². The van der Waals surface area contributed by atoms with E-state index in [9.17, 15) is 5.11 Å². The van der Waals surface area contributed by atoms with Gasteiger partial charge < -0.3 is 15.3 Å². The highest BCUT2D eigenvalue weighted by molar-refractivity contribution is 5.56. The van der Waals surface area contributed by atoms with E-state index in [1.807, 2.05) is 6.92 Å². The fraction of sp³-hybridized carbons (Fsp3) is 0.625. The van der Waals surface area contributed by atoms with Crippen LogP contribution in [0.1, 0.15) is 37.3 Å². The zero-order chi connectivity index (χ0) is 13.7. The van der Waals surface area contributed by atoms with Crippen molar-refractivity contribution >= 4 is 5.69 Å². The smallest absolute Gasteiger partial charge is 0.0549 e. The largest absolute Gasteiger partial charge is 0.393 e. The third kappa shape index (κ3) is 3.95. The lowest BCUT2D eigenvalue weighted by molar-refractivity contribution is 0.159. The van der Waals surface area contributed by atoms with E-state index >= 15 is 0 Å². The summed E-state index contributed by atoms with van der Waals surface area (Å²) in [7, 11) is 2.17. The summed E-state index contributed by atoms with van der Waals surface area (Å²) in [5.74, 6) is 0. The second-order valence-corrected chi connectivity index (χ2v) is 5.52. The maximum atomic E-state index is 9.50. The van der Waals surface area contributed by atoms with Gasteiger partial charge in [0.05, 0.1) is 6.10 Å². The van der Waals surface area contributed by atoms with Crippen LogP contribution in [0.2, 0.25) is 0 Å². The van der Waals surface area contributed by atoms with Gasteiger partial charge in [-0.2, -0.15) is 0 Å². The van der Waals surface area contributed by atoms with E-state index in [1.54, 1.807) is 0 Å². The normalized spacial score (nSPS) is 16.3. The fourth-order valence-corrected chi connectivity index (χ4v) is 2.65. The number of hydrogen-bond donors (Lipinski definition) is 2. The first kappa shape index (κ1) is 14.4. The number of aryl methyl sites for hydroxylation is 1. The van der Waals surface area contributed by atoms with Crippen LogP contribution in [0, 0.1) is 0 Å². The summed E-state index contributed by atoms with van der Waals surface area (Å²) in [5, 5.41) is 12.9. The first-order valence-electron chi connectivity index (χ1n) is 7.42. The molecule has 0 aliphatic carbocycles. The molecule has 0 aromatic heterocycles. The molecule has 106 valence electrons. The van der Waals surface area contributed by atoms with Crippen molar-refractivity contribution in [3.05, 3.63) is 29.3 Å². The molecule has 0 bridgehead atoms. The third-order valence-electron chi connectivity index (χ3n) is 3.95. The predicted octanol–water partition coefficient (Wildman–Crippen LogP) is 2.32. The topological polar surface area (TPSA) is 35.5 Å². The molecule has 2 N–H and O–H groups in total. The highest BCUT2D eigenvalue weighted by Gasteiger charge is 2.13. The average Bonchev–Trinajstić information content (AvgIpc) is 2.43. The van der Waals surface area contributed by atoms with Crippen molar-refractivity contribution in [3.8, 4) is 0 Å². The molecule has 19 heavy (non-hydrogen) atoms. The highest BCUT2D eigenvalue weighted by atomic mass is 16.3. The minimum absolute atomic E-state index is 0.162. The Labute approximate surface area is 116 Å². The molecule has 0 saturated heterocycles. The van der Waals surface area contributed by atoms with Crippen LogP contribution in [-0.2, 0) is 13.0 Å². The van der Waals surface area contributed by atoms with Gasteiger partial charge in [-0.3, -0.25) is 0 Å². The zero-order valence-electron chi connectivity index (χ0n) is 12.2. The second kappa shape index (κ2) is 6.92. The van der Waals surface area contributed by atoms with Gasteiger partial charge in [0, 0.05) is 25.8 Å². The van der Waals surface area contributed by atoms with Crippen LogP contribution in [0.5, 0.6) is 0 Å². The molecule has 0 saturated carbocycles. The lowest BCUT2D eigenvalue weighted by atomic mass is 9.99. The number of nitrogens with one attached hydrogen (secondary N) is 1. The molecule has 1 aromatic rings. The summed E-state index contributed by atoms with van der Waals surface area (Å²) < 4.78 is 0. The lowest BCUT2D eigenvalue weighted by Gasteiger charge is -2.27. The molecule has 1 aliphatic heterocycles. The van der Waals surface area contributed by atoms with Crippen LogP contribution in [0.3, 0.4) is 0 Å². The number of aliphatic hydroxyl groups excluding tert-OH is 1. The maximum absolute atomic E-state index is 9.50. The summed E-state index contributed by atoms with van der Waals surface area (Å²) in [6.45, 7) is 4.96. The van der Waals surface area contributed by atoms with Gasteiger partial charge in [0.2, 0.25) is 0 Å². The predicted molar refractivity (Wildman–Crippen MR) is 80.7 cm³/mol. The SMILES string of the molecule is CCC(O)CCNCc1ccc2c(c1)CCCN2C. The minimum Gasteiger partial charge on any atom is -0.393 e. The summed E-state index contributed by atoms with van der Waals surface area (Å²) in [4.78, 5) is 2.34. The van der Waals surface area contributed by atoms with Gasteiger partial charge in [-0.25, -0.2) is 0 Å². The monoisotopic (exact) mass is 262 g/mol. The van der Waals surface area contributed by atoms with Gasteiger partial charge in [-0.05, 0) is 49.4 Å². The van der Waals surface area contributed by atoms with Crippen molar-refractivity contribution in [3.63, 3.8) is 0 Å². The zero-order valence-corrected chi connectivity index (χ0v) is 12.2. The van der Waals surface area contributed by atoms with E-state index < -0.39 is 0 Å². The molecule has 0 fully saturated rings. The molecule has 0 amide bonds. The minimum atomic E-state index is -0.162. The molecule has 3 heteroatoms. The van der Waals surface area contributed by atoms with Gasteiger partial charge in [-0.15, -0.1) is 0 Å². The van der Waals surface area contributed by atoms with Crippen LogP contribution in [-0.4, -0.2) is 31.3 Å². The number of rotatable bonds is 6. The first-order valence-corrected chi connectivity index (χ1v) is 7.42. The van der Waals surface area contributed by atoms with Crippen molar-refractivity contribution in [1.82, 2.24) is 5.32 Å². The molecule has 1 atom stereocenters. The third-order valence-corrected chi connectivity index (χ3v) is 3.95. The maximum Gasteiger partial charge on any atom is 0.0549 e. The Balaban J connectivity index is 1.85. The van der Waals surface area contributed by atoms with Crippen LogP contribution in [0.25, 0.3) is 0 Å². The number of anilines is 1. The van der Waals surface area contributed by atoms with E-state index in [0.29, 0.717) is 0 Å². The average molecular weight is 262 g/mol. The summed E-state index contributed by atoms with van der Waals surface area (Å²) in [6, 6.07) is 6.78. The molecule has 1 heterocycles. The summed E-state index contributed by atoms with van der Waals surface area (Å²) >= 11 is 0. The molecular weight excluding hydrogens is 236 g/mol. The van der Waals surface area contributed by atoms with E-state index in [2.05, 4.69) is 35.5 Å². The van der Waals surface area contributed by atoms with Crippen molar-refractivity contribution < 1.29 is 5.11 Å². The standard InChI is InChI=1S/C16H26N2O/c1-3-15(19)8-9-17-12-13-6-7-16-14(11-13)5-4-10-18(16)2/h6-7,11,15,17,19H,3-5,8-10,12H2,1-2H3. The number of hydrogen-bond acceptors (Lipinski definition) is 3. The number of nitrogens with zero attached hydrogens (tertiary/aromatic N) is 1. The molecule has 3 nitrogen and oxygen atoms in total. The molecule has 2 rings (SSSR count). The van der Waals surface area contributed by atoms with Crippen molar-refractivity contribution in [1.29, 1.82) is 0 Å². The Morgan fingerprint density at radius 1 is 1.42 bits per heavy atom. The van der Waals surface area contributed by atoms with Gasteiger partial charge in [0.1, 0.15) is 0 Å². The van der Waals surface area contributed by atoms with Crippen LogP contribution in [0.15, 0.2) is 18.2 Å². The molecule has 0 spiro atoms. The van der Waals surface area contributed by atoms with Crippen molar-refractivity contribution in [2.75, 3.05) is 25.0 Å². The molecule has 1 unspecified atom stereocenters. The fourth-order valence-electron chi connectivity index (χ4n) is 2.65. The Morgan fingerprint density at radius 2 is 2.26 bits per heavy atom.